The minimum absolute atomic E-state index is 0.0756. The number of nitro groups is 1. The number of nitrogens with zero attached hydrogens (tertiary/aromatic N) is 1. The van der Waals surface area contributed by atoms with Crippen LogP contribution < -0.4 is 5.32 Å². The maximum absolute atomic E-state index is 12.7. The zero-order chi connectivity index (χ0) is 19.7. The van der Waals surface area contributed by atoms with Crippen molar-refractivity contribution in [1.82, 2.24) is 5.32 Å². The van der Waals surface area contributed by atoms with E-state index in [2.05, 4.69) is 21.2 Å². The second-order valence-electron chi connectivity index (χ2n) is 5.97. The Labute approximate surface area is 167 Å². The standard InChI is InChI=1S/C18H12BrClN2O5/c19-12-4-2-1-3-10(12)13-8-15(23)16(18(25)21-13)17(24)11-6-5-9(20)7-14(11)22(26)27/h1-7,13,16H,8H2,(H,21,25). The summed E-state index contributed by atoms with van der Waals surface area (Å²) in [7, 11) is 0. The van der Waals surface area contributed by atoms with Gasteiger partial charge in [0, 0.05) is 22.0 Å². The van der Waals surface area contributed by atoms with Crippen molar-refractivity contribution in [1.29, 1.82) is 0 Å². The van der Waals surface area contributed by atoms with Gasteiger partial charge in [-0.2, -0.15) is 0 Å². The van der Waals surface area contributed by atoms with Crippen LogP contribution in [0.1, 0.15) is 28.4 Å². The third kappa shape index (κ3) is 3.77. The topological polar surface area (TPSA) is 106 Å². The first-order valence-electron chi connectivity index (χ1n) is 7.85. The van der Waals surface area contributed by atoms with Gasteiger partial charge in [-0.25, -0.2) is 0 Å². The molecule has 1 fully saturated rings. The van der Waals surface area contributed by atoms with E-state index in [1.807, 2.05) is 0 Å². The monoisotopic (exact) mass is 450 g/mol. The van der Waals surface area contributed by atoms with Crippen LogP contribution in [0.2, 0.25) is 5.02 Å². The van der Waals surface area contributed by atoms with E-state index in [0.717, 1.165) is 16.6 Å². The van der Waals surface area contributed by atoms with Crippen molar-refractivity contribution in [3.63, 3.8) is 0 Å². The van der Waals surface area contributed by atoms with Gasteiger partial charge in [0.25, 0.3) is 5.69 Å². The number of carbonyl (C=O) groups is 3. The fourth-order valence-corrected chi connectivity index (χ4v) is 3.73. The van der Waals surface area contributed by atoms with E-state index in [1.54, 1.807) is 24.3 Å². The Morgan fingerprint density at radius 2 is 1.93 bits per heavy atom. The highest BCUT2D eigenvalue weighted by Crippen LogP contribution is 2.32. The number of halogens is 2. The first-order valence-corrected chi connectivity index (χ1v) is 9.02. The fraction of sp³-hybridized carbons (Fsp3) is 0.167. The predicted molar refractivity (Wildman–Crippen MR) is 101 cm³/mol. The largest absolute Gasteiger partial charge is 0.348 e. The second-order valence-corrected chi connectivity index (χ2v) is 7.26. The van der Waals surface area contributed by atoms with Crippen LogP contribution in [-0.2, 0) is 9.59 Å². The molecule has 1 N–H and O–H groups in total. The summed E-state index contributed by atoms with van der Waals surface area (Å²) in [5.74, 6) is -3.90. The Balaban J connectivity index is 1.90. The van der Waals surface area contributed by atoms with Gasteiger partial charge in [-0.1, -0.05) is 45.7 Å². The van der Waals surface area contributed by atoms with Crippen molar-refractivity contribution in [3.05, 3.63) is 73.2 Å². The molecular formula is C18H12BrClN2O5. The maximum Gasteiger partial charge on any atom is 0.281 e. The molecule has 1 heterocycles. The molecule has 0 radical (unpaired) electrons. The van der Waals surface area contributed by atoms with Crippen molar-refractivity contribution >= 4 is 50.7 Å². The minimum atomic E-state index is -1.62. The molecule has 1 saturated heterocycles. The molecule has 0 bridgehead atoms. The highest BCUT2D eigenvalue weighted by Gasteiger charge is 2.42. The van der Waals surface area contributed by atoms with Crippen LogP contribution in [-0.4, -0.2) is 22.4 Å². The van der Waals surface area contributed by atoms with Crippen LogP contribution in [0.4, 0.5) is 5.69 Å². The van der Waals surface area contributed by atoms with Crippen molar-refractivity contribution in [3.8, 4) is 0 Å². The number of piperidine rings is 1. The number of nitro benzene ring substituents is 1. The van der Waals surface area contributed by atoms with Gasteiger partial charge >= 0.3 is 0 Å². The molecule has 1 amide bonds. The van der Waals surface area contributed by atoms with E-state index >= 15 is 0 Å². The molecule has 1 aliphatic rings. The number of Topliss-reactive ketones (excluding diaryl/α,β-unsaturated/α-hetero) is 2. The molecule has 0 spiro atoms. The maximum atomic E-state index is 12.7. The van der Waals surface area contributed by atoms with Gasteiger partial charge in [0.15, 0.2) is 17.5 Å². The third-order valence-electron chi connectivity index (χ3n) is 4.27. The molecule has 7 nitrogen and oxygen atoms in total. The fourth-order valence-electron chi connectivity index (χ4n) is 3.00. The van der Waals surface area contributed by atoms with Gasteiger partial charge in [-0.3, -0.25) is 24.5 Å². The summed E-state index contributed by atoms with van der Waals surface area (Å²) in [6.07, 6.45) is -0.0911. The first kappa shape index (κ1) is 19.2. The molecule has 0 saturated carbocycles. The lowest BCUT2D eigenvalue weighted by Crippen LogP contribution is -2.48. The number of ketones is 2. The normalized spacial score (nSPS) is 19.5. The summed E-state index contributed by atoms with van der Waals surface area (Å²) in [6, 6.07) is 10.0. The number of carbonyl (C=O) groups excluding carboxylic acids is 3. The summed E-state index contributed by atoms with van der Waals surface area (Å²) in [5, 5.41) is 13.9. The van der Waals surface area contributed by atoms with Crippen molar-refractivity contribution < 1.29 is 19.3 Å². The van der Waals surface area contributed by atoms with Crippen LogP contribution in [0.5, 0.6) is 0 Å². The lowest BCUT2D eigenvalue weighted by molar-refractivity contribution is -0.385. The summed E-state index contributed by atoms with van der Waals surface area (Å²) >= 11 is 9.11. The molecule has 1 aliphatic heterocycles. The van der Waals surface area contributed by atoms with Crippen molar-refractivity contribution in [2.45, 2.75) is 12.5 Å². The number of hydrogen-bond donors (Lipinski definition) is 1. The summed E-state index contributed by atoms with van der Waals surface area (Å²) in [4.78, 5) is 48.2. The summed E-state index contributed by atoms with van der Waals surface area (Å²) in [6.45, 7) is 0. The highest BCUT2D eigenvalue weighted by molar-refractivity contribution is 9.10. The zero-order valence-electron chi connectivity index (χ0n) is 13.6. The first-order chi connectivity index (χ1) is 12.8. The van der Waals surface area contributed by atoms with E-state index in [4.69, 9.17) is 11.6 Å². The molecular weight excluding hydrogens is 440 g/mol. The Bertz CT molecular complexity index is 960. The number of benzene rings is 2. The Hall–Kier alpha value is -2.58. The number of amides is 1. The quantitative estimate of drug-likeness (QED) is 0.331. The van der Waals surface area contributed by atoms with Crippen molar-refractivity contribution in [2.75, 3.05) is 0 Å². The van der Waals surface area contributed by atoms with Gasteiger partial charge < -0.3 is 5.32 Å². The number of nitrogens with one attached hydrogen (secondary N) is 1. The Morgan fingerprint density at radius 3 is 2.56 bits per heavy atom. The molecule has 0 aliphatic carbocycles. The van der Waals surface area contributed by atoms with Gasteiger partial charge in [-0.15, -0.1) is 0 Å². The van der Waals surface area contributed by atoms with Crippen LogP contribution in [0, 0.1) is 16.0 Å². The summed E-state index contributed by atoms with van der Waals surface area (Å²) < 4.78 is 0.723. The van der Waals surface area contributed by atoms with Crippen LogP contribution in [0.15, 0.2) is 46.9 Å². The Morgan fingerprint density at radius 1 is 1.22 bits per heavy atom. The lowest BCUT2D eigenvalue weighted by atomic mass is 9.84. The van der Waals surface area contributed by atoms with Crippen LogP contribution in [0.25, 0.3) is 0 Å². The molecule has 3 rings (SSSR count). The number of rotatable bonds is 4. The van der Waals surface area contributed by atoms with Crippen LogP contribution in [0.3, 0.4) is 0 Å². The Kier molecular flexibility index (Phi) is 5.38. The minimum Gasteiger partial charge on any atom is -0.348 e. The third-order valence-corrected chi connectivity index (χ3v) is 5.23. The van der Waals surface area contributed by atoms with E-state index < -0.39 is 40.0 Å². The van der Waals surface area contributed by atoms with Crippen LogP contribution >= 0.6 is 27.5 Å². The molecule has 0 aromatic heterocycles. The predicted octanol–water partition coefficient (Wildman–Crippen LogP) is 3.64. The molecule has 2 aromatic carbocycles. The van der Waals surface area contributed by atoms with E-state index in [0.29, 0.717) is 5.56 Å². The lowest BCUT2D eigenvalue weighted by Gasteiger charge is -2.28. The molecule has 2 unspecified atom stereocenters. The van der Waals surface area contributed by atoms with E-state index in [-0.39, 0.29) is 17.0 Å². The number of hydrogen-bond acceptors (Lipinski definition) is 5. The second kappa shape index (κ2) is 7.58. The van der Waals surface area contributed by atoms with Gasteiger partial charge in [0.2, 0.25) is 5.91 Å². The van der Waals surface area contributed by atoms with E-state index in [1.165, 1.54) is 6.07 Å². The zero-order valence-corrected chi connectivity index (χ0v) is 16.0. The van der Waals surface area contributed by atoms with E-state index in [9.17, 15) is 24.5 Å². The molecule has 138 valence electrons. The van der Waals surface area contributed by atoms with Crippen molar-refractivity contribution in [2.24, 2.45) is 5.92 Å². The molecule has 2 atom stereocenters. The van der Waals surface area contributed by atoms with Gasteiger partial charge in [0.05, 0.1) is 16.5 Å². The van der Waals surface area contributed by atoms with Gasteiger partial charge in [-0.05, 0) is 23.8 Å². The molecule has 27 heavy (non-hydrogen) atoms. The molecule has 2 aromatic rings. The average Bonchev–Trinajstić information content (AvgIpc) is 2.61. The summed E-state index contributed by atoms with van der Waals surface area (Å²) in [5.41, 5.74) is -0.152. The average molecular weight is 452 g/mol. The van der Waals surface area contributed by atoms with Gasteiger partial charge in [0.1, 0.15) is 0 Å². The SMILES string of the molecule is O=C1CC(c2ccccc2Br)NC(=O)C1C(=O)c1ccc(Cl)cc1[N+](=O)[O-]. The smallest absolute Gasteiger partial charge is 0.281 e. The highest BCUT2D eigenvalue weighted by atomic mass is 79.9. The molecule has 9 heteroatoms.